The number of anilines is 1. The number of thiazole rings is 1. The summed E-state index contributed by atoms with van der Waals surface area (Å²) in [7, 11) is 0. The zero-order valence-corrected chi connectivity index (χ0v) is 19.2. The van der Waals surface area contributed by atoms with E-state index >= 15 is 0 Å². The second-order valence-corrected chi connectivity index (χ2v) is 9.14. The number of benzene rings is 3. The summed E-state index contributed by atoms with van der Waals surface area (Å²) in [4.78, 5) is 46.3. The maximum Gasteiger partial charge on any atom is 0.262 e. The molecule has 8 heteroatoms. The van der Waals surface area contributed by atoms with Crippen LogP contribution in [0.5, 0.6) is 0 Å². The third-order valence-electron chi connectivity index (χ3n) is 5.62. The van der Waals surface area contributed by atoms with Gasteiger partial charge in [0.25, 0.3) is 11.8 Å². The van der Waals surface area contributed by atoms with Gasteiger partial charge in [-0.15, -0.1) is 0 Å². The molecule has 0 aliphatic carbocycles. The number of aromatic nitrogens is 1. The Balaban J connectivity index is 1.50. The van der Waals surface area contributed by atoms with Crippen LogP contribution in [0.4, 0.5) is 5.13 Å². The molecule has 4 aromatic rings. The third kappa shape index (κ3) is 3.79. The summed E-state index contributed by atoms with van der Waals surface area (Å²) in [5.74, 6) is -1.32. The molecule has 3 amide bonds. The summed E-state index contributed by atoms with van der Waals surface area (Å²) in [6.07, 6.45) is 0. The van der Waals surface area contributed by atoms with E-state index < -0.39 is 17.7 Å². The number of hydrogen-bond acceptors (Lipinski definition) is 5. The molecular weight excluding hydrogens is 458 g/mol. The molecule has 3 aromatic carbocycles. The molecule has 2 heterocycles. The first-order valence-corrected chi connectivity index (χ1v) is 11.5. The Kier molecular flexibility index (Phi) is 5.44. The average molecular weight is 476 g/mol. The number of carbonyl (C=O) groups excluding carboxylic acids is 3. The van der Waals surface area contributed by atoms with E-state index in [4.69, 9.17) is 16.6 Å². The van der Waals surface area contributed by atoms with E-state index in [1.54, 1.807) is 24.3 Å². The highest BCUT2D eigenvalue weighted by Crippen LogP contribution is 2.34. The van der Waals surface area contributed by atoms with Gasteiger partial charge >= 0.3 is 0 Å². The fourth-order valence-corrected chi connectivity index (χ4v) is 5.03. The van der Waals surface area contributed by atoms with Crippen molar-refractivity contribution in [3.8, 4) is 0 Å². The number of hydrogen-bond donors (Lipinski definition) is 0. The van der Waals surface area contributed by atoms with Crippen molar-refractivity contribution >= 4 is 56.0 Å². The Morgan fingerprint density at radius 2 is 1.61 bits per heavy atom. The normalized spacial score (nSPS) is 13.0. The van der Waals surface area contributed by atoms with Crippen molar-refractivity contribution in [2.24, 2.45) is 0 Å². The smallest absolute Gasteiger partial charge is 0.262 e. The van der Waals surface area contributed by atoms with Crippen molar-refractivity contribution in [2.75, 3.05) is 11.4 Å². The van der Waals surface area contributed by atoms with Gasteiger partial charge in [0.2, 0.25) is 5.91 Å². The number of imide groups is 1. The number of nitrogens with zero attached hydrogens (tertiary/aromatic N) is 3. The van der Waals surface area contributed by atoms with Crippen LogP contribution in [0.25, 0.3) is 10.2 Å². The van der Waals surface area contributed by atoms with Crippen molar-refractivity contribution < 1.29 is 14.4 Å². The molecule has 0 N–H and O–H groups in total. The lowest BCUT2D eigenvalue weighted by Gasteiger charge is -2.22. The summed E-state index contributed by atoms with van der Waals surface area (Å²) >= 11 is 7.63. The van der Waals surface area contributed by atoms with E-state index in [-0.39, 0.29) is 13.1 Å². The van der Waals surface area contributed by atoms with Gasteiger partial charge in [0.1, 0.15) is 6.54 Å². The average Bonchev–Trinajstić information content (AvgIpc) is 3.36. The van der Waals surface area contributed by atoms with Gasteiger partial charge in [-0.3, -0.25) is 24.2 Å². The van der Waals surface area contributed by atoms with Crippen LogP contribution < -0.4 is 4.90 Å². The van der Waals surface area contributed by atoms with Crippen molar-refractivity contribution in [2.45, 2.75) is 13.5 Å². The Morgan fingerprint density at radius 1 is 0.970 bits per heavy atom. The fraction of sp³-hybridized carbons (Fsp3) is 0.120. The molecular formula is C25H18ClN3O3S. The summed E-state index contributed by atoms with van der Waals surface area (Å²) in [5.41, 5.74) is 3.10. The molecule has 1 aliphatic rings. The van der Waals surface area contributed by atoms with Gasteiger partial charge in [0.15, 0.2) is 5.13 Å². The van der Waals surface area contributed by atoms with Crippen LogP contribution in [-0.4, -0.2) is 34.2 Å². The Bertz CT molecular complexity index is 1380. The van der Waals surface area contributed by atoms with E-state index in [0.29, 0.717) is 21.3 Å². The van der Waals surface area contributed by atoms with E-state index in [9.17, 15) is 14.4 Å². The highest BCUT2D eigenvalue weighted by Gasteiger charge is 2.37. The molecule has 0 atom stereocenters. The summed E-state index contributed by atoms with van der Waals surface area (Å²) in [5, 5.41) is 1.09. The Morgan fingerprint density at radius 3 is 2.27 bits per heavy atom. The summed E-state index contributed by atoms with van der Waals surface area (Å²) in [6.45, 7) is 1.78. The summed E-state index contributed by atoms with van der Waals surface area (Å²) < 4.78 is 0.901. The molecule has 33 heavy (non-hydrogen) atoms. The van der Waals surface area contributed by atoms with E-state index in [0.717, 1.165) is 26.2 Å². The molecule has 0 saturated carbocycles. The van der Waals surface area contributed by atoms with Gasteiger partial charge in [-0.2, -0.15) is 0 Å². The first-order valence-electron chi connectivity index (χ1n) is 10.3. The van der Waals surface area contributed by atoms with Crippen LogP contribution >= 0.6 is 22.9 Å². The zero-order chi connectivity index (χ0) is 23.1. The van der Waals surface area contributed by atoms with Crippen LogP contribution in [0, 0.1) is 6.92 Å². The number of rotatable bonds is 5. The Labute approximate surface area is 199 Å². The van der Waals surface area contributed by atoms with Gasteiger partial charge < -0.3 is 0 Å². The van der Waals surface area contributed by atoms with Crippen molar-refractivity contribution in [3.63, 3.8) is 0 Å². The monoisotopic (exact) mass is 475 g/mol. The molecule has 1 aromatic heterocycles. The minimum absolute atomic E-state index is 0.259. The lowest BCUT2D eigenvalue weighted by Crippen LogP contribution is -2.42. The van der Waals surface area contributed by atoms with Crippen LogP contribution in [-0.2, 0) is 11.3 Å². The highest BCUT2D eigenvalue weighted by molar-refractivity contribution is 7.22. The van der Waals surface area contributed by atoms with Crippen LogP contribution in [0.3, 0.4) is 0 Å². The third-order valence-corrected chi connectivity index (χ3v) is 7.08. The lowest BCUT2D eigenvalue weighted by atomic mass is 10.1. The second-order valence-electron chi connectivity index (χ2n) is 7.72. The summed E-state index contributed by atoms with van der Waals surface area (Å²) in [6, 6.07) is 19.8. The van der Waals surface area contributed by atoms with E-state index in [1.807, 2.05) is 49.4 Å². The van der Waals surface area contributed by atoms with Crippen LogP contribution in [0.1, 0.15) is 31.8 Å². The first-order chi connectivity index (χ1) is 15.9. The molecule has 0 radical (unpaired) electrons. The molecule has 1 aliphatic heterocycles. The van der Waals surface area contributed by atoms with E-state index in [2.05, 4.69) is 0 Å². The fourth-order valence-electron chi connectivity index (χ4n) is 3.84. The standard InChI is InChI=1S/C25H18ClN3O3S/c1-15-19(26)11-12-20-22(15)27-25(33-20)28(13-16-7-3-2-4-8-16)21(30)14-29-23(31)17-9-5-6-10-18(17)24(29)32/h2-12H,13-14H2,1H3. The zero-order valence-electron chi connectivity index (χ0n) is 17.6. The minimum Gasteiger partial charge on any atom is -0.282 e. The van der Waals surface area contributed by atoms with Crippen LogP contribution in [0.2, 0.25) is 5.02 Å². The van der Waals surface area contributed by atoms with Gasteiger partial charge in [-0.05, 0) is 42.3 Å². The number of fused-ring (bicyclic) bond motifs is 2. The molecule has 0 unspecified atom stereocenters. The predicted octanol–water partition coefficient (Wildman–Crippen LogP) is 5.09. The molecule has 0 spiro atoms. The van der Waals surface area contributed by atoms with Gasteiger partial charge in [0.05, 0.1) is 27.9 Å². The van der Waals surface area contributed by atoms with E-state index in [1.165, 1.54) is 16.2 Å². The minimum atomic E-state index is -0.462. The predicted molar refractivity (Wildman–Crippen MR) is 129 cm³/mol. The number of amides is 3. The molecule has 5 rings (SSSR count). The quantitative estimate of drug-likeness (QED) is 0.377. The lowest BCUT2D eigenvalue weighted by molar-refractivity contribution is -0.119. The molecule has 0 bridgehead atoms. The Hall–Kier alpha value is -3.55. The van der Waals surface area contributed by atoms with Crippen LogP contribution in [0.15, 0.2) is 66.7 Å². The van der Waals surface area contributed by atoms with Gasteiger partial charge in [-0.1, -0.05) is 65.4 Å². The maximum atomic E-state index is 13.5. The second kappa shape index (κ2) is 8.42. The number of carbonyl (C=O) groups is 3. The van der Waals surface area contributed by atoms with Crippen molar-refractivity contribution in [1.82, 2.24) is 9.88 Å². The highest BCUT2D eigenvalue weighted by atomic mass is 35.5. The van der Waals surface area contributed by atoms with Gasteiger partial charge in [-0.25, -0.2) is 4.98 Å². The molecule has 164 valence electrons. The van der Waals surface area contributed by atoms with Crippen molar-refractivity contribution in [3.05, 3.63) is 94.0 Å². The number of halogens is 1. The van der Waals surface area contributed by atoms with Crippen molar-refractivity contribution in [1.29, 1.82) is 0 Å². The molecule has 0 saturated heterocycles. The molecule has 0 fully saturated rings. The maximum absolute atomic E-state index is 13.5. The topological polar surface area (TPSA) is 70.6 Å². The SMILES string of the molecule is Cc1c(Cl)ccc2sc(N(Cc3ccccc3)C(=O)CN3C(=O)c4ccccc4C3=O)nc12. The largest absolute Gasteiger partial charge is 0.282 e. The van der Waals surface area contributed by atoms with Gasteiger partial charge in [0, 0.05) is 5.02 Å². The number of aryl methyl sites for hydroxylation is 1. The molecule has 6 nitrogen and oxygen atoms in total. The first kappa shape index (κ1) is 21.3.